The van der Waals surface area contributed by atoms with E-state index in [1.165, 1.54) is 22.3 Å². The number of hydrogen-bond acceptors (Lipinski definition) is 0. The number of hydrogen-bond donors (Lipinski definition) is 0. The molecule has 0 aliphatic heterocycles. The summed E-state index contributed by atoms with van der Waals surface area (Å²) in [5.74, 6) is 0. The van der Waals surface area contributed by atoms with Gasteiger partial charge in [0.1, 0.15) is 0 Å². The Morgan fingerprint density at radius 1 is 1.29 bits per heavy atom. The summed E-state index contributed by atoms with van der Waals surface area (Å²) in [4.78, 5) is 0. The summed E-state index contributed by atoms with van der Waals surface area (Å²) in [7, 11) is 0. The van der Waals surface area contributed by atoms with E-state index < -0.39 is 0 Å². The highest BCUT2D eigenvalue weighted by molar-refractivity contribution is 5.70. The largest absolute Gasteiger partial charge is 0.0955 e. The Balaban J connectivity index is 3.19. The van der Waals surface area contributed by atoms with Gasteiger partial charge >= 0.3 is 0 Å². The van der Waals surface area contributed by atoms with Gasteiger partial charge in [0.25, 0.3) is 0 Å². The Bertz CT molecular complexity index is 381. The van der Waals surface area contributed by atoms with Crippen molar-refractivity contribution in [2.45, 2.75) is 27.7 Å². The Labute approximate surface area is 87.0 Å². The molecule has 0 fully saturated rings. The highest BCUT2D eigenvalue weighted by Crippen LogP contribution is 2.21. The van der Waals surface area contributed by atoms with Crippen molar-refractivity contribution in [3.63, 3.8) is 0 Å². The van der Waals surface area contributed by atoms with Crippen molar-refractivity contribution in [3.8, 4) is 0 Å². The van der Waals surface area contributed by atoms with Gasteiger partial charge in [-0.15, -0.1) is 0 Å². The van der Waals surface area contributed by atoms with E-state index >= 15 is 0 Å². The molecule has 0 bridgehead atoms. The van der Waals surface area contributed by atoms with Crippen molar-refractivity contribution in [1.29, 1.82) is 0 Å². The first-order valence-corrected chi connectivity index (χ1v) is 4.96. The van der Waals surface area contributed by atoms with Crippen molar-refractivity contribution in [2.75, 3.05) is 0 Å². The molecule has 1 aromatic rings. The van der Waals surface area contributed by atoms with Crippen LogP contribution in [0.3, 0.4) is 0 Å². The van der Waals surface area contributed by atoms with E-state index in [9.17, 15) is 0 Å². The smallest absolute Gasteiger partial charge is 0.0204 e. The summed E-state index contributed by atoms with van der Waals surface area (Å²) in [5, 5.41) is 0. The molecule has 0 aliphatic carbocycles. The van der Waals surface area contributed by atoms with Crippen LogP contribution in [0.15, 0.2) is 30.9 Å². The Hall–Kier alpha value is -1.30. The highest BCUT2D eigenvalue weighted by Gasteiger charge is 2.01. The summed E-state index contributed by atoms with van der Waals surface area (Å²) in [6.07, 6.45) is 2.13. The fourth-order valence-corrected chi connectivity index (χ4v) is 1.55. The van der Waals surface area contributed by atoms with Gasteiger partial charge in [-0.1, -0.05) is 36.4 Å². The Kier molecular flexibility index (Phi) is 3.29. The van der Waals surface area contributed by atoms with Crippen LogP contribution in [-0.2, 0) is 0 Å². The molecule has 0 aromatic heterocycles. The summed E-state index contributed by atoms with van der Waals surface area (Å²) < 4.78 is 0. The van der Waals surface area contributed by atoms with Gasteiger partial charge in [0.05, 0.1) is 0 Å². The molecule has 74 valence electrons. The van der Waals surface area contributed by atoms with Crippen LogP contribution in [0.4, 0.5) is 0 Å². The van der Waals surface area contributed by atoms with Crippen molar-refractivity contribution < 1.29 is 0 Å². The van der Waals surface area contributed by atoms with Gasteiger partial charge in [-0.05, 0) is 50.0 Å². The van der Waals surface area contributed by atoms with Crippen LogP contribution in [0.2, 0.25) is 0 Å². The van der Waals surface area contributed by atoms with Crippen molar-refractivity contribution in [1.82, 2.24) is 0 Å². The van der Waals surface area contributed by atoms with E-state index in [0.717, 1.165) is 5.57 Å². The summed E-state index contributed by atoms with van der Waals surface area (Å²) in [6, 6.07) is 6.53. The van der Waals surface area contributed by atoms with Crippen molar-refractivity contribution in [2.24, 2.45) is 0 Å². The molecule has 0 N–H and O–H groups in total. The predicted molar refractivity (Wildman–Crippen MR) is 65.2 cm³/mol. The van der Waals surface area contributed by atoms with E-state index in [1.807, 2.05) is 6.92 Å². The normalized spacial score (nSPS) is 11.6. The molecule has 0 saturated heterocycles. The molecule has 0 radical (unpaired) electrons. The molecule has 0 nitrogen and oxygen atoms in total. The monoisotopic (exact) mass is 186 g/mol. The van der Waals surface area contributed by atoms with Gasteiger partial charge in [0.2, 0.25) is 0 Å². The summed E-state index contributed by atoms with van der Waals surface area (Å²) >= 11 is 0. The lowest BCUT2D eigenvalue weighted by atomic mass is 9.97. The van der Waals surface area contributed by atoms with Gasteiger partial charge < -0.3 is 0 Å². The van der Waals surface area contributed by atoms with E-state index in [-0.39, 0.29) is 0 Å². The van der Waals surface area contributed by atoms with Crippen LogP contribution >= 0.6 is 0 Å². The lowest BCUT2D eigenvalue weighted by Crippen LogP contribution is -1.87. The summed E-state index contributed by atoms with van der Waals surface area (Å²) in [6.45, 7) is 12.3. The van der Waals surface area contributed by atoms with Crippen LogP contribution in [0.5, 0.6) is 0 Å². The molecular formula is C14H18. The molecular weight excluding hydrogens is 168 g/mol. The predicted octanol–water partition coefficient (Wildman–Crippen LogP) is 4.45. The maximum Gasteiger partial charge on any atom is -0.0204 e. The van der Waals surface area contributed by atoms with Crippen LogP contribution in [0.25, 0.3) is 11.1 Å². The van der Waals surface area contributed by atoms with Gasteiger partial charge in [-0.2, -0.15) is 0 Å². The molecule has 0 heteroatoms. The number of rotatable bonds is 2. The van der Waals surface area contributed by atoms with Crippen LogP contribution < -0.4 is 0 Å². The number of benzene rings is 1. The molecule has 0 spiro atoms. The maximum absolute atomic E-state index is 3.97. The van der Waals surface area contributed by atoms with Gasteiger partial charge in [0.15, 0.2) is 0 Å². The van der Waals surface area contributed by atoms with Crippen LogP contribution in [0, 0.1) is 6.92 Å². The third kappa shape index (κ3) is 2.14. The standard InChI is InChI=1S/C14H18/c1-6-11(4)13-7-8-14(10(2)3)12(5)9-13/h6-9H,2H2,1,3-5H3. The minimum atomic E-state index is 1.13. The third-order valence-electron chi connectivity index (χ3n) is 2.57. The average Bonchev–Trinajstić information content (AvgIpc) is 2.15. The third-order valence-corrected chi connectivity index (χ3v) is 2.57. The fourth-order valence-electron chi connectivity index (χ4n) is 1.55. The van der Waals surface area contributed by atoms with Gasteiger partial charge in [-0.25, -0.2) is 0 Å². The maximum atomic E-state index is 3.97. The molecule has 0 unspecified atom stereocenters. The zero-order valence-corrected chi connectivity index (χ0v) is 9.52. The lowest BCUT2D eigenvalue weighted by molar-refractivity contribution is 1.38. The Morgan fingerprint density at radius 2 is 1.93 bits per heavy atom. The van der Waals surface area contributed by atoms with E-state index in [1.54, 1.807) is 0 Å². The minimum Gasteiger partial charge on any atom is -0.0955 e. The molecule has 0 aliphatic rings. The second-order valence-electron chi connectivity index (χ2n) is 3.78. The molecule has 1 rings (SSSR count). The molecule has 0 saturated carbocycles. The zero-order chi connectivity index (χ0) is 10.7. The molecule has 0 atom stereocenters. The van der Waals surface area contributed by atoms with Gasteiger partial charge in [-0.3, -0.25) is 0 Å². The van der Waals surface area contributed by atoms with Gasteiger partial charge in [0, 0.05) is 0 Å². The lowest BCUT2D eigenvalue weighted by Gasteiger charge is -2.08. The molecule has 0 amide bonds. The molecule has 14 heavy (non-hydrogen) atoms. The highest BCUT2D eigenvalue weighted by atomic mass is 14.1. The zero-order valence-electron chi connectivity index (χ0n) is 9.52. The van der Waals surface area contributed by atoms with E-state index in [4.69, 9.17) is 0 Å². The SMILES string of the molecule is C=C(C)c1ccc(C(C)=CC)cc1C. The average molecular weight is 186 g/mol. The second-order valence-corrected chi connectivity index (χ2v) is 3.78. The van der Waals surface area contributed by atoms with Crippen LogP contribution in [0.1, 0.15) is 37.5 Å². The quantitative estimate of drug-likeness (QED) is 0.640. The summed E-state index contributed by atoms with van der Waals surface area (Å²) in [5.41, 5.74) is 6.32. The second kappa shape index (κ2) is 4.28. The molecule has 0 heterocycles. The van der Waals surface area contributed by atoms with E-state index in [0.29, 0.717) is 0 Å². The first-order valence-electron chi connectivity index (χ1n) is 4.96. The minimum absolute atomic E-state index is 1.13. The number of allylic oxidation sites excluding steroid dienone is 3. The fraction of sp³-hybridized carbons (Fsp3) is 0.286. The topological polar surface area (TPSA) is 0 Å². The van der Waals surface area contributed by atoms with Crippen LogP contribution in [-0.4, -0.2) is 0 Å². The van der Waals surface area contributed by atoms with E-state index in [2.05, 4.69) is 51.6 Å². The first kappa shape index (κ1) is 10.8. The van der Waals surface area contributed by atoms with Crippen molar-refractivity contribution in [3.05, 3.63) is 47.5 Å². The van der Waals surface area contributed by atoms with Crippen molar-refractivity contribution >= 4 is 11.1 Å². The Morgan fingerprint density at radius 3 is 2.36 bits per heavy atom. The first-order chi connectivity index (χ1) is 6.56. The number of aryl methyl sites for hydroxylation is 1. The molecule has 1 aromatic carbocycles.